The molecule has 2 aliphatic rings. The molecule has 2 amide bonds. The quantitative estimate of drug-likeness (QED) is 0.240. The molecule has 2 heterocycles. The second kappa shape index (κ2) is 10.5. The van der Waals surface area contributed by atoms with Crippen molar-refractivity contribution in [1.82, 2.24) is 9.47 Å². The number of amides is 2. The van der Waals surface area contributed by atoms with Gasteiger partial charge in [-0.2, -0.15) is 0 Å². The van der Waals surface area contributed by atoms with Crippen molar-refractivity contribution in [2.75, 3.05) is 6.61 Å². The third-order valence-corrected chi connectivity index (χ3v) is 21.1. The highest BCUT2D eigenvalue weighted by Gasteiger charge is 2.64. The molecule has 1 aromatic rings. The first-order chi connectivity index (χ1) is 17.0. The molecule has 37 heavy (non-hydrogen) atoms. The number of cyclic esters (lactones) is 1. The van der Waals surface area contributed by atoms with Gasteiger partial charge in [0.1, 0.15) is 12.6 Å². The molecule has 0 bridgehead atoms. The van der Waals surface area contributed by atoms with Crippen LogP contribution in [-0.4, -0.2) is 62.8 Å². The predicted octanol–water partition coefficient (Wildman–Crippen LogP) is 7.35. The van der Waals surface area contributed by atoms with E-state index < -0.39 is 28.7 Å². The third kappa shape index (κ3) is 4.94. The van der Waals surface area contributed by atoms with Crippen LogP contribution in [0.25, 0.3) is 0 Å². The molecular weight excluding hydrogens is 497 g/mol. The molecule has 208 valence electrons. The van der Waals surface area contributed by atoms with Crippen LogP contribution in [0.3, 0.4) is 0 Å². The van der Waals surface area contributed by atoms with Crippen LogP contribution in [-0.2, 0) is 14.0 Å². The molecule has 0 spiro atoms. The lowest BCUT2D eigenvalue weighted by atomic mass is 9.91. The summed E-state index contributed by atoms with van der Waals surface area (Å²) in [5.74, 6) is 0.0396. The summed E-state index contributed by atoms with van der Waals surface area (Å²) in [5.41, 5.74) is 2.28. The number of ether oxygens (including phenoxy) is 1. The highest BCUT2D eigenvalue weighted by atomic mass is 28.4. The predicted molar refractivity (Wildman–Crippen MR) is 156 cm³/mol. The Bertz CT molecular complexity index is 952. The van der Waals surface area contributed by atoms with E-state index in [0.717, 1.165) is 5.56 Å². The van der Waals surface area contributed by atoms with Crippen molar-refractivity contribution in [2.45, 2.75) is 128 Å². The van der Waals surface area contributed by atoms with Gasteiger partial charge in [-0.1, -0.05) is 106 Å². The van der Waals surface area contributed by atoms with E-state index in [4.69, 9.17) is 9.16 Å². The molecule has 4 atom stereocenters. The summed E-state index contributed by atoms with van der Waals surface area (Å²) in [4.78, 5) is 29.0. The van der Waals surface area contributed by atoms with E-state index in [2.05, 4.69) is 86.9 Å². The van der Waals surface area contributed by atoms with Crippen molar-refractivity contribution in [2.24, 2.45) is 0 Å². The first-order valence-electron chi connectivity index (χ1n) is 14.0. The van der Waals surface area contributed by atoms with Gasteiger partial charge in [0.05, 0.1) is 18.2 Å². The largest absolute Gasteiger partial charge is 0.447 e. The van der Waals surface area contributed by atoms with E-state index in [-0.39, 0.29) is 35.7 Å². The van der Waals surface area contributed by atoms with E-state index in [0.29, 0.717) is 16.6 Å². The topological polar surface area (TPSA) is 59.1 Å². The highest BCUT2D eigenvalue weighted by Crippen LogP contribution is 2.49. The van der Waals surface area contributed by atoms with Crippen LogP contribution in [0.15, 0.2) is 30.3 Å². The standard InChI is InChI=1S/C29H50N2O4Si2/c1-19(2)37(20(3)4,21(5)6)35-22(7)25-26(27(32)31(25)36(11,12)29(8,9)10)30-24(18-34-28(30)33)23-16-14-13-15-17-23/h13-17,19-22,24-26H,18H2,1-12H3/t22-,24+,25+,26+/m0/s1. The average Bonchev–Trinajstić information content (AvgIpc) is 3.15. The summed E-state index contributed by atoms with van der Waals surface area (Å²) in [6, 6.07) is 8.87. The van der Waals surface area contributed by atoms with Crippen molar-refractivity contribution in [1.29, 1.82) is 0 Å². The van der Waals surface area contributed by atoms with Gasteiger partial charge in [0.2, 0.25) is 14.2 Å². The first kappa shape index (κ1) is 29.9. The molecule has 8 heteroatoms. The SMILES string of the molecule is CC(C)[Si](O[C@@H](C)[C@@H]1[C@@H](N2C(=O)OC[C@@H]2c2ccccc2)C(=O)N1[Si](C)(C)C(C)(C)C)(C(C)C)C(C)C. The minimum atomic E-state index is -2.24. The molecule has 2 aliphatic heterocycles. The summed E-state index contributed by atoms with van der Waals surface area (Å²) in [7, 11) is -4.46. The average molecular weight is 547 g/mol. The van der Waals surface area contributed by atoms with E-state index in [1.54, 1.807) is 4.90 Å². The molecular formula is C29H50N2O4Si2. The molecule has 2 fully saturated rings. The Hall–Kier alpha value is -1.65. The molecule has 0 unspecified atom stereocenters. The molecule has 6 nitrogen and oxygen atoms in total. The van der Waals surface area contributed by atoms with Crippen LogP contribution in [0.5, 0.6) is 0 Å². The van der Waals surface area contributed by atoms with Gasteiger partial charge in [-0.3, -0.25) is 9.69 Å². The fourth-order valence-electron chi connectivity index (χ4n) is 6.73. The van der Waals surface area contributed by atoms with Crippen molar-refractivity contribution < 1.29 is 18.8 Å². The smallest absolute Gasteiger partial charge is 0.411 e. The Morgan fingerprint density at radius 2 is 1.43 bits per heavy atom. The fraction of sp³-hybridized carbons (Fsp3) is 0.724. The number of rotatable bonds is 9. The van der Waals surface area contributed by atoms with Crippen molar-refractivity contribution in [3.63, 3.8) is 0 Å². The van der Waals surface area contributed by atoms with Gasteiger partial charge in [0, 0.05) is 0 Å². The maximum Gasteiger partial charge on any atom is 0.411 e. The molecule has 1 aromatic carbocycles. The molecule has 0 N–H and O–H groups in total. The van der Waals surface area contributed by atoms with Crippen molar-refractivity contribution >= 4 is 28.6 Å². The van der Waals surface area contributed by atoms with E-state index in [1.165, 1.54) is 0 Å². The van der Waals surface area contributed by atoms with Crippen LogP contribution in [0.1, 0.15) is 80.8 Å². The van der Waals surface area contributed by atoms with Gasteiger partial charge in [-0.15, -0.1) is 0 Å². The zero-order valence-electron chi connectivity index (χ0n) is 25.2. The minimum Gasteiger partial charge on any atom is -0.447 e. The monoisotopic (exact) mass is 546 g/mol. The van der Waals surface area contributed by atoms with Gasteiger partial charge >= 0.3 is 6.09 Å². The van der Waals surface area contributed by atoms with Gasteiger partial charge < -0.3 is 13.7 Å². The zero-order valence-corrected chi connectivity index (χ0v) is 27.2. The summed E-state index contributed by atoms with van der Waals surface area (Å²) in [6.07, 6.45) is -0.597. The molecule has 0 saturated carbocycles. The molecule has 0 radical (unpaired) electrons. The normalized spacial score (nSPS) is 24.2. The highest BCUT2D eigenvalue weighted by molar-refractivity contribution is 6.80. The lowest BCUT2D eigenvalue weighted by Gasteiger charge is -2.62. The Morgan fingerprint density at radius 1 is 0.919 bits per heavy atom. The van der Waals surface area contributed by atoms with E-state index in [1.807, 2.05) is 30.3 Å². The van der Waals surface area contributed by atoms with Crippen LogP contribution < -0.4 is 0 Å². The van der Waals surface area contributed by atoms with Gasteiger partial charge in [-0.25, -0.2) is 4.79 Å². The second-order valence-electron chi connectivity index (χ2n) is 13.5. The summed E-state index contributed by atoms with van der Waals surface area (Å²) in [6.45, 7) is 27.4. The number of nitrogens with zero attached hydrogens (tertiary/aromatic N) is 2. The van der Waals surface area contributed by atoms with Crippen molar-refractivity contribution in [3.8, 4) is 0 Å². The Kier molecular flexibility index (Phi) is 8.48. The van der Waals surface area contributed by atoms with E-state index >= 15 is 0 Å². The minimum absolute atomic E-state index is 0.0292. The lowest BCUT2D eigenvalue weighted by Crippen LogP contribution is -2.81. The Balaban J connectivity index is 2.09. The van der Waals surface area contributed by atoms with Gasteiger partial charge in [0.25, 0.3) is 0 Å². The number of benzene rings is 1. The van der Waals surface area contributed by atoms with Crippen LogP contribution in [0.4, 0.5) is 4.79 Å². The molecule has 3 rings (SSSR count). The lowest BCUT2D eigenvalue weighted by molar-refractivity contribution is -0.155. The summed E-state index contributed by atoms with van der Waals surface area (Å²) in [5, 5.41) is -0.0292. The first-order valence-corrected chi connectivity index (χ1v) is 19.1. The third-order valence-electron chi connectivity index (χ3n) is 9.52. The molecule has 2 saturated heterocycles. The van der Waals surface area contributed by atoms with Crippen LogP contribution in [0, 0.1) is 0 Å². The Labute approximate surface area is 227 Å². The molecule has 0 aromatic heterocycles. The second-order valence-corrected chi connectivity index (χ2v) is 24.0. The number of hydrogen-bond donors (Lipinski definition) is 0. The van der Waals surface area contributed by atoms with Gasteiger partial charge in [0.15, 0.2) is 8.24 Å². The van der Waals surface area contributed by atoms with Crippen LogP contribution >= 0.6 is 0 Å². The fourth-order valence-corrected chi connectivity index (χ4v) is 14.8. The van der Waals surface area contributed by atoms with Crippen molar-refractivity contribution in [3.05, 3.63) is 35.9 Å². The Morgan fingerprint density at radius 3 is 1.89 bits per heavy atom. The van der Waals surface area contributed by atoms with Gasteiger partial charge in [-0.05, 0) is 34.1 Å². The maximum atomic E-state index is 14.1. The maximum absolute atomic E-state index is 14.1. The zero-order chi connectivity index (χ0) is 28.1. The van der Waals surface area contributed by atoms with E-state index in [9.17, 15) is 9.59 Å². The number of hydrogen-bond acceptors (Lipinski definition) is 4. The number of carbonyl (C=O) groups excluding carboxylic acids is 2. The summed E-state index contributed by atoms with van der Waals surface area (Å²) < 4.78 is 15.0. The molecule has 0 aliphatic carbocycles. The number of β-lactam (4-membered cyclic amide) rings is 1. The summed E-state index contributed by atoms with van der Waals surface area (Å²) >= 11 is 0. The number of carbonyl (C=O) groups is 2. The van der Waals surface area contributed by atoms with Crippen LogP contribution in [0.2, 0.25) is 34.8 Å².